The molecular formula is C16H25ClO5. The van der Waals surface area contributed by atoms with Crippen LogP contribution in [0.5, 0.6) is 0 Å². The van der Waals surface area contributed by atoms with Gasteiger partial charge >= 0.3 is 0 Å². The summed E-state index contributed by atoms with van der Waals surface area (Å²) in [7, 11) is 1.35. The van der Waals surface area contributed by atoms with E-state index in [1.54, 1.807) is 6.92 Å². The van der Waals surface area contributed by atoms with Gasteiger partial charge in [-0.1, -0.05) is 11.6 Å². The van der Waals surface area contributed by atoms with Gasteiger partial charge in [0.1, 0.15) is 17.3 Å². The van der Waals surface area contributed by atoms with Crippen LogP contribution in [0.2, 0.25) is 0 Å². The molecule has 1 aliphatic heterocycles. The summed E-state index contributed by atoms with van der Waals surface area (Å²) in [5, 5.41) is 22.2. The Bertz CT molecular complexity index is 489. The average molecular weight is 333 g/mol. The lowest BCUT2D eigenvalue weighted by molar-refractivity contribution is -0.240. The SMILES string of the molecule is COC1C(=O)CCC(O)(CCl)C1(O)C1(C)OC1CC=C(C)C. The van der Waals surface area contributed by atoms with Crippen molar-refractivity contribution < 1.29 is 24.5 Å². The van der Waals surface area contributed by atoms with Crippen LogP contribution in [0.25, 0.3) is 0 Å². The van der Waals surface area contributed by atoms with Crippen molar-refractivity contribution in [2.45, 2.75) is 69.0 Å². The van der Waals surface area contributed by atoms with Gasteiger partial charge in [-0.3, -0.25) is 4.79 Å². The Kier molecular flexibility index (Phi) is 4.78. The third-order valence-electron chi connectivity index (χ3n) is 5.06. The molecule has 2 aliphatic rings. The van der Waals surface area contributed by atoms with Crippen LogP contribution in [-0.4, -0.2) is 58.0 Å². The normalized spacial score (nSPS) is 44.8. The lowest BCUT2D eigenvalue weighted by Crippen LogP contribution is -2.74. The summed E-state index contributed by atoms with van der Waals surface area (Å²) in [6, 6.07) is 0. The molecule has 5 atom stereocenters. The van der Waals surface area contributed by atoms with Gasteiger partial charge in [-0.2, -0.15) is 0 Å². The maximum Gasteiger partial charge on any atom is 0.164 e. The maximum absolute atomic E-state index is 12.2. The van der Waals surface area contributed by atoms with Crippen LogP contribution in [0.15, 0.2) is 11.6 Å². The molecule has 1 heterocycles. The second kappa shape index (κ2) is 5.87. The summed E-state index contributed by atoms with van der Waals surface area (Å²) in [5.74, 6) is -0.428. The molecule has 5 nitrogen and oxygen atoms in total. The number of carbonyl (C=O) groups excluding carboxylic acids is 1. The second-order valence-electron chi connectivity index (χ2n) is 6.74. The maximum atomic E-state index is 12.2. The van der Waals surface area contributed by atoms with Gasteiger partial charge in [-0.05, 0) is 33.6 Å². The molecule has 0 aromatic carbocycles. The van der Waals surface area contributed by atoms with Crippen molar-refractivity contribution in [3.63, 3.8) is 0 Å². The fourth-order valence-electron chi connectivity index (χ4n) is 3.53. The first-order valence-electron chi connectivity index (χ1n) is 7.53. The monoisotopic (exact) mass is 332 g/mol. The second-order valence-corrected chi connectivity index (χ2v) is 7.01. The van der Waals surface area contributed by atoms with Crippen LogP contribution in [0, 0.1) is 0 Å². The molecule has 2 N–H and O–H groups in total. The third kappa shape index (κ3) is 2.43. The highest BCUT2D eigenvalue weighted by Crippen LogP contribution is 2.56. The van der Waals surface area contributed by atoms with Crippen molar-refractivity contribution in [2.24, 2.45) is 0 Å². The number of hydrogen-bond donors (Lipinski definition) is 2. The van der Waals surface area contributed by atoms with Gasteiger partial charge in [-0.15, -0.1) is 11.6 Å². The van der Waals surface area contributed by atoms with Crippen molar-refractivity contribution in [3.05, 3.63) is 11.6 Å². The predicted octanol–water partition coefficient (Wildman–Crippen LogP) is 1.58. The summed E-state index contributed by atoms with van der Waals surface area (Å²) in [6.07, 6.45) is 1.39. The summed E-state index contributed by atoms with van der Waals surface area (Å²) < 4.78 is 11.0. The largest absolute Gasteiger partial charge is 0.385 e. The van der Waals surface area contributed by atoms with Gasteiger partial charge in [0.25, 0.3) is 0 Å². The van der Waals surface area contributed by atoms with E-state index in [9.17, 15) is 15.0 Å². The number of ketones is 1. The Hall–Kier alpha value is -0.460. The van der Waals surface area contributed by atoms with Crippen LogP contribution >= 0.6 is 11.6 Å². The number of methoxy groups -OCH3 is 1. The minimum atomic E-state index is -1.87. The molecule has 6 heteroatoms. The highest BCUT2D eigenvalue weighted by Gasteiger charge is 2.76. The number of Topliss-reactive ketones (excluding diaryl/α,β-unsaturated/α-hetero) is 1. The van der Waals surface area contributed by atoms with Crippen LogP contribution in [0.1, 0.15) is 40.0 Å². The Morgan fingerprint density at radius 3 is 2.64 bits per heavy atom. The third-order valence-corrected chi connectivity index (χ3v) is 5.51. The van der Waals surface area contributed by atoms with E-state index >= 15 is 0 Å². The van der Waals surface area contributed by atoms with Crippen molar-refractivity contribution in [1.29, 1.82) is 0 Å². The van der Waals surface area contributed by atoms with E-state index in [1.165, 1.54) is 7.11 Å². The molecule has 1 saturated carbocycles. The molecule has 1 saturated heterocycles. The molecule has 0 amide bonds. The first kappa shape index (κ1) is 17.9. The number of carbonyl (C=O) groups is 1. The molecule has 22 heavy (non-hydrogen) atoms. The highest BCUT2D eigenvalue weighted by atomic mass is 35.5. The number of allylic oxidation sites excluding steroid dienone is 1. The molecule has 2 fully saturated rings. The molecule has 0 aromatic rings. The van der Waals surface area contributed by atoms with E-state index < -0.39 is 22.9 Å². The molecule has 5 unspecified atom stereocenters. The Morgan fingerprint density at radius 1 is 1.50 bits per heavy atom. The Morgan fingerprint density at radius 2 is 2.14 bits per heavy atom. The topological polar surface area (TPSA) is 79.3 Å². The molecule has 126 valence electrons. The number of alkyl halides is 1. The number of rotatable bonds is 5. The number of halogens is 1. The zero-order valence-corrected chi connectivity index (χ0v) is 14.3. The predicted molar refractivity (Wildman–Crippen MR) is 83.0 cm³/mol. The van der Waals surface area contributed by atoms with E-state index in [1.807, 2.05) is 19.9 Å². The lowest BCUT2D eigenvalue weighted by Gasteiger charge is -2.51. The summed E-state index contributed by atoms with van der Waals surface area (Å²) >= 11 is 5.94. The standard InChI is InChI=1S/C16H25ClO5/c1-10(2)5-6-12-14(3,22-12)16(20)13(21-4)11(18)7-8-15(16,19)9-17/h5,12-13,19-20H,6-9H2,1-4H3. The minimum Gasteiger partial charge on any atom is -0.385 e. The van der Waals surface area contributed by atoms with E-state index in [4.69, 9.17) is 21.1 Å². The number of epoxide rings is 1. The molecule has 0 radical (unpaired) electrons. The quantitative estimate of drug-likeness (QED) is 0.454. The van der Waals surface area contributed by atoms with Gasteiger partial charge in [0.15, 0.2) is 11.4 Å². The number of hydrogen-bond acceptors (Lipinski definition) is 5. The summed E-state index contributed by atoms with van der Waals surface area (Å²) in [5.41, 5.74) is -3.43. The van der Waals surface area contributed by atoms with Gasteiger partial charge < -0.3 is 19.7 Å². The summed E-state index contributed by atoms with van der Waals surface area (Å²) in [4.78, 5) is 12.2. The highest BCUT2D eigenvalue weighted by molar-refractivity contribution is 6.18. The molecule has 0 spiro atoms. The molecule has 1 aliphatic carbocycles. The first-order valence-corrected chi connectivity index (χ1v) is 8.07. The minimum absolute atomic E-state index is 0.0972. The van der Waals surface area contributed by atoms with Gasteiger partial charge in [0, 0.05) is 13.5 Å². The summed E-state index contributed by atoms with van der Waals surface area (Å²) in [6.45, 7) is 5.66. The molecule has 2 rings (SSSR count). The fraction of sp³-hybridized carbons (Fsp3) is 0.812. The fourth-order valence-corrected chi connectivity index (χ4v) is 3.87. The van der Waals surface area contributed by atoms with Crippen LogP contribution in [0.3, 0.4) is 0 Å². The van der Waals surface area contributed by atoms with Crippen molar-refractivity contribution >= 4 is 17.4 Å². The number of ether oxygens (including phenoxy) is 2. The Balaban J connectivity index is 2.38. The van der Waals surface area contributed by atoms with Crippen molar-refractivity contribution in [2.75, 3.05) is 13.0 Å². The first-order chi connectivity index (χ1) is 10.2. The smallest absolute Gasteiger partial charge is 0.164 e. The van der Waals surface area contributed by atoms with E-state index in [-0.39, 0.29) is 30.6 Å². The van der Waals surface area contributed by atoms with Gasteiger partial charge in [0.05, 0.1) is 12.0 Å². The molecular weight excluding hydrogens is 308 g/mol. The Labute approximate surface area is 136 Å². The zero-order valence-electron chi connectivity index (χ0n) is 13.6. The van der Waals surface area contributed by atoms with Crippen molar-refractivity contribution in [1.82, 2.24) is 0 Å². The van der Waals surface area contributed by atoms with E-state index in [0.29, 0.717) is 6.42 Å². The van der Waals surface area contributed by atoms with Gasteiger partial charge in [0.2, 0.25) is 0 Å². The lowest BCUT2D eigenvalue weighted by atomic mass is 9.63. The number of aliphatic hydroxyl groups is 2. The van der Waals surface area contributed by atoms with E-state index in [2.05, 4.69) is 0 Å². The van der Waals surface area contributed by atoms with Crippen molar-refractivity contribution in [3.8, 4) is 0 Å². The van der Waals surface area contributed by atoms with E-state index in [0.717, 1.165) is 5.57 Å². The molecule has 0 bridgehead atoms. The zero-order chi connectivity index (χ0) is 16.8. The average Bonchev–Trinajstić information content (AvgIpc) is 3.14. The van der Waals surface area contributed by atoms with Gasteiger partial charge in [-0.25, -0.2) is 0 Å². The van der Waals surface area contributed by atoms with Crippen LogP contribution < -0.4 is 0 Å². The molecule has 0 aromatic heterocycles. The van der Waals surface area contributed by atoms with Crippen LogP contribution in [-0.2, 0) is 14.3 Å². The van der Waals surface area contributed by atoms with Crippen LogP contribution in [0.4, 0.5) is 0 Å².